The van der Waals surface area contributed by atoms with Crippen molar-refractivity contribution in [1.29, 1.82) is 5.26 Å². The molecule has 0 fully saturated rings. The van der Waals surface area contributed by atoms with E-state index in [9.17, 15) is 24.5 Å². The molecule has 5 nitrogen and oxygen atoms in total. The largest absolute Gasteiger partial charge is 3.00 e. The van der Waals surface area contributed by atoms with Crippen molar-refractivity contribution >= 4 is 21.9 Å². The van der Waals surface area contributed by atoms with Crippen LogP contribution in [0.4, 0.5) is 0 Å². The summed E-state index contributed by atoms with van der Waals surface area (Å²) in [4.78, 5) is 13.3. The van der Waals surface area contributed by atoms with Crippen molar-refractivity contribution in [3.8, 4) is 39.8 Å². The van der Waals surface area contributed by atoms with E-state index < -0.39 is 72.3 Å². The zero-order valence-corrected chi connectivity index (χ0v) is 36.6. The van der Waals surface area contributed by atoms with Crippen LogP contribution in [0.5, 0.6) is 0 Å². The SMILES string of the molecule is [2H]c1cc2c(oc3c(-c4ccc(C([2H])([2H])C([2H])([2H])c5cc(C([2H])([2H])C([2H])([2H])c6ccc(-c7[c-]cccc7)nc6)cc(C([2H])([2H])C([2H])([2H])c6cnc(-c7[c-]cccc7)cc6C([2H])([2H])C(C)(C)C)c5)cn4)[c-]ccc32)c([2H])c1C#N.[Ir+3]. The summed E-state index contributed by atoms with van der Waals surface area (Å²) in [5.41, 5.74) is -2.56. The molecule has 0 radical (unpaired) electrons. The number of nitriles is 1. The Balaban J connectivity index is 0.00000822. The molecule has 5 aromatic carbocycles. The van der Waals surface area contributed by atoms with Crippen molar-refractivity contribution < 1.29 is 46.5 Å². The number of pyridine rings is 3. The Kier molecular flexibility index (Phi) is 8.42. The summed E-state index contributed by atoms with van der Waals surface area (Å²) in [7, 11) is 0. The van der Waals surface area contributed by atoms with Gasteiger partial charge < -0.3 is 19.4 Å². The van der Waals surface area contributed by atoms with E-state index in [1.54, 1.807) is 81.4 Å². The number of hydrogen-bond acceptors (Lipinski definition) is 5. The number of aromatic nitrogens is 3. The first kappa shape index (κ1) is 27.5. The summed E-state index contributed by atoms with van der Waals surface area (Å²) < 4.78 is 156. The molecule has 9 rings (SSSR count). The fourth-order valence-electron chi connectivity index (χ4n) is 6.69. The fraction of sp³-hybridized carbons (Fsp3) is 0.193. The second-order valence-corrected chi connectivity index (χ2v) is 15.3. The van der Waals surface area contributed by atoms with E-state index in [0.717, 1.165) is 36.8 Å². The molecule has 0 bridgehead atoms. The van der Waals surface area contributed by atoms with E-state index in [1.807, 2.05) is 6.07 Å². The van der Waals surface area contributed by atoms with Crippen molar-refractivity contribution in [2.75, 3.05) is 0 Å². The van der Waals surface area contributed by atoms with E-state index in [4.69, 9.17) is 7.16 Å². The average Bonchev–Trinajstić information content (AvgIpc) is 3.93. The Hall–Kier alpha value is -6.51. The van der Waals surface area contributed by atoms with Gasteiger partial charge in [0.1, 0.15) is 5.58 Å². The third-order valence-electron chi connectivity index (χ3n) is 9.54. The Bertz CT molecular complexity index is 3800. The molecule has 0 spiro atoms. The van der Waals surface area contributed by atoms with E-state index in [0.29, 0.717) is 27.6 Å². The summed E-state index contributed by atoms with van der Waals surface area (Å²) in [6.45, 7) is 4.79. The van der Waals surface area contributed by atoms with Crippen LogP contribution in [0.3, 0.4) is 0 Å². The molecule has 4 aromatic heterocycles. The maximum absolute atomic E-state index is 9.71. The number of benzene rings is 5. The van der Waals surface area contributed by atoms with Crippen LogP contribution in [-0.2, 0) is 64.7 Å². The Morgan fingerprint density at radius 3 is 1.81 bits per heavy atom. The van der Waals surface area contributed by atoms with Gasteiger partial charge in [0.2, 0.25) is 0 Å². The van der Waals surface area contributed by atoms with E-state index in [2.05, 4.69) is 33.2 Å². The third kappa shape index (κ3) is 10.4. The molecule has 0 aliphatic heterocycles. The molecule has 0 saturated heterocycles. The summed E-state index contributed by atoms with van der Waals surface area (Å²) in [5, 5.41) is 10.5. The van der Waals surface area contributed by atoms with Crippen LogP contribution in [0.15, 0.2) is 150 Å². The van der Waals surface area contributed by atoms with Crippen molar-refractivity contribution in [2.45, 2.75) is 65.4 Å². The predicted octanol–water partition coefficient (Wildman–Crippen LogP) is 13.0. The van der Waals surface area contributed by atoms with Gasteiger partial charge in [-0.1, -0.05) is 86.3 Å². The second-order valence-electron chi connectivity index (χ2n) is 15.3. The van der Waals surface area contributed by atoms with Gasteiger partial charge in [-0.2, -0.15) is 5.26 Å². The van der Waals surface area contributed by atoms with Crippen LogP contribution in [0, 0.1) is 34.9 Å². The molecule has 310 valence electrons. The predicted molar refractivity (Wildman–Crippen MR) is 249 cm³/mol. The molecule has 0 saturated carbocycles. The topological polar surface area (TPSA) is 75.6 Å². The van der Waals surface area contributed by atoms with Crippen LogP contribution in [-0.4, -0.2) is 15.0 Å². The summed E-state index contributed by atoms with van der Waals surface area (Å²) in [5.74, 6) is 0. The summed E-state index contributed by atoms with van der Waals surface area (Å²) in [6.07, 6.45) is -18.3. The average molecular weight is 1010 g/mol. The molecule has 4 heterocycles. The van der Waals surface area contributed by atoms with Gasteiger partial charge in [0.15, 0.2) is 0 Å². The van der Waals surface area contributed by atoms with Crippen molar-refractivity contribution in [1.82, 2.24) is 15.0 Å². The first-order valence-electron chi connectivity index (χ1n) is 27.7. The Labute approximate surface area is 406 Å². The molecule has 9 aromatic rings. The molecule has 0 aliphatic rings. The molecule has 0 N–H and O–H groups in total. The van der Waals surface area contributed by atoms with Crippen LogP contribution in [0.2, 0.25) is 0 Å². The van der Waals surface area contributed by atoms with Gasteiger partial charge in [0.25, 0.3) is 0 Å². The smallest absolute Gasteiger partial charge is 0.501 e. The third-order valence-corrected chi connectivity index (χ3v) is 9.54. The zero-order chi connectivity index (χ0) is 56.8. The Morgan fingerprint density at radius 2 is 1.22 bits per heavy atom. The molecule has 0 aliphatic carbocycles. The van der Waals surface area contributed by atoms with Gasteiger partial charge in [-0.05, 0) is 118 Å². The van der Waals surface area contributed by atoms with E-state index in [-0.39, 0.29) is 82.6 Å². The minimum atomic E-state index is -3.35. The quantitative estimate of drug-likeness (QED) is 0.108. The van der Waals surface area contributed by atoms with Crippen LogP contribution < -0.4 is 0 Å². The van der Waals surface area contributed by atoms with E-state index in [1.165, 1.54) is 36.4 Å². The van der Waals surface area contributed by atoms with Gasteiger partial charge in [0, 0.05) is 43.2 Å². The number of rotatable bonds is 13. The zero-order valence-electron chi connectivity index (χ0n) is 50.2. The summed E-state index contributed by atoms with van der Waals surface area (Å²) >= 11 is 0. The van der Waals surface area contributed by atoms with Crippen LogP contribution in [0.1, 0.15) is 87.2 Å². The number of hydrogen-bond donors (Lipinski definition) is 0. The normalized spacial score (nSPS) is 16.7. The van der Waals surface area contributed by atoms with E-state index >= 15 is 0 Å². The molecule has 63 heavy (non-hydrogen) atoms. The van der Waals surface area contributed by atoms with Crippen molar-refractivity contribution in [3.63, 3.8) is 0 Å². The number of fused-ring (bicyclic) bond motifs is 3. The molecule has 6 heteroatoms. The molecule has 0 atom stereocenters. The monoisotopic (exact) mass is 1010 g/mol. The van der Waals surface area contributed by atoms with Gasteiger partial charge in [0.05, 0.1) is 20.0 Å². The van der Waals surface area contributed by atoms with Gasteiger partial charge in [-0.15, -0.1) is 90.0 Å². The van der Waals surface area contributed by atoms with Crippen molar-refractivity contribution in [2.24, 2.45) is 5.41 Å². The number of nitrogens with zero attached hydrogens (tertiary/aromatic N) is 4. The van der Waals surface area contributed by atoms with Crippen molar-refractivity contribution in [3.05, 3.63) is 209 Å². The van der Waals surface area contributed by atoms with Crippen LogP contribution >= 0.6 is 0 Å². The Morgan fingerprint density at radius 1 is 0.619 bits per heavy atom. The molecule has 0 unspecified atom stereocenters. The first-order chi connectivity index (χ1) is 36.4. The minimum absolute atomic E-state index is 0. The van der Waals surface area contributed by atoms with Gasteiger partial charge in [-0.3, -0.25) is 0 Å². The number of furan rings is 1. The first-order valence-corrected chi connectivity index (χ1v) is 19.7. The second kappa shape index (κ2) is 19.3. The van der Waals surface area contributed by atoms with Gasteiger partial charge >= 0.3 is 20.1 Å². The summed E-state index contributed by atoms with van der Waals surface area (Å²) in [6, 6.07) is 38.2. The molecular formula is C57H47IrN4O. The molecule has 0 amide bonds. The molecular weight excluding hydrogens is 949 g/mol. The van der Waals surface area contributed by atoms with Crippen LogP contribution in [0.25, 0.3) is 55.7 Å². The number of aryl methyl sites for hydroxylation is 6. The standard InChI is InChI=1S/C57H47N4O.Ir/c1-57(2,3)34-48-33-54(46-13-8-5-9-14-46)61-38-47(48)25-21-43-30-41(19-17-39-23-27-52(59-36-39)45-11-6-4-7-12-45)29-42(31-43)20-18-40-24-28-53(60-37-40)51-16-10-15-50-49-26-22-44(35-58)32-55(49)62-56(50)51;/h4-11,13,15,22-24,26-33,36-38H,17-21,25,34H2,1-3H3;/q-3;+3/i17D2,18D2,19D2,20D2,21D2,22D,25D2,32D,34D2;. The van der Waals surface area contributed by atoms with Gasteiger partial charge in [-0.25, -0.2) is 0 Å². The fourth-order valence-corrected chi connectivity index (χ4v) is 6.69. The minimum Gasteiger partial charge on any atom is -0.501 e. The maximum atomic E-state index is 9.71. The maximum Gasteiger partial charge on any atom is 3.00 e.